The number of amides is 1. The van der Waals surface area contributed by atoms with Crippen LogP contribution in [0.4, 0.5) is 11.4 Å². The number of nitro groups is 1. The van der Waals surface area contributed by atoms with Gasteiger partial charge in [0, 0.05) is 38.5 Å². The third-order valence-electron chi connectivity index (χ3n) is 4.19. The lowest BCUT2D eigenvalue weighted by molar-refractivity contribution is -0.384. The second kappa shape index (κ2) is 11.4. The molecule has 1 aromatic carbocycles. The van der Waals surface area contributed by atoms with Crippen LogP contribution >= 0.6 is 11.8 Å². The molecule has 1 aromatic heterocycles. The van der Waals surface area contributed by atoms with Crippen molar-refractivity contribution in [3.8, 4) is 0 Å². The fourth-order valence-electron chi connectivity index (χ4n) is 2.86. The monoisotopic (exact) mass is 420 g/mol. The number of aryl methyl sites for hydroxylation is 1. The van der Waals surface area contributed by atoms with Gasteiger partial charge in [0.2, 0.25) is 5.91 Å². The summed E-state index contributed by atoms with van der Waals surface area (Å²) >= 11 is 1.58. The number of nitrogens with zero attached hydrogens (tertiary/aromatic N) is 4. The van der Waals surface area contributed by atoms with Gasteiger partial charge in [0.05, 0.1) is 4.92 Å². The van der Waals surface area contributed by atoms with Crippen LogP contribution < -0.4 is 10.6 Å². The predicted octanol–water partition coefficient (Wildman–Crippen LogP) is 3.12. The summed E-state index contributed by atoms with van der Waals surface area (Å²) in [6.45, 7) is 6.07. The van der Waals surface area contributed by atoms with E-state index < -0.39 is 4.92 Å². The van der Waals surface area contributed by atoms with Crippen molar-refractivity contribution in [3.63, 3.8) is 0 Å². The molecule has 1 heterocycles. The van der Waals surface area contributed by atoms with Gasteiger partial charge in [-0.1, -0.05) is 37.7 Å². The van der Waals surface area contributed by atoms with Crippen molar-refractivity contribution in [1.82, 2.24) is 20.1 Å². The van der Waals surface area contributed by atoms with Gasteiger partial charge in [-0.2, -0.15) is 0 Å². The standard InChI is InChI=1S/C19H28N6O3S/c1-14(2)13-24-17(22-23-19(24)29-3)9-6-11-21-18(26)10-12-20-15-7-4-5-8-16(15)25(27)28/h4-5,7-8,14,20H,6,9-13H2,1-3H3,(H,21,26). The first-order chi connectivity index (χ1) is 13.9. The fourth-order valence-corrected chi connectivity index (χ4v) is 3.38. The highest BCUT2D eigenvalue weighted by atomic mass is 32.2. The van der Waals surface area contributed by atoms with Gasteiger partial charge < -0.3 is 15.2 Å². The highest BCUT2D eigenvalue weighted by molar-refractivity contribution is 7.98. The molecule has 0 aliphatic rings. The Kier molecular flexibility index (Phi) is 8.91. The number of benzene rings is 1. The molecule has 0 radical (unpaired) electrons. The SMILES string of the molecule is CSc1nnc(CCCNC(=O)CCNc2ccccc2[N+](=O)[O-])n1CC(C)C. The molecule has 10 heteroatoms. The minimum absolute atomic E-state index is 0.00280. The second-order valence-corrected chi connectivity index (χ2v) is 7.79. The topological polar surface area (TPSA) is 115 Å². The minimum Gasteiger partial charge on any atom is -0.379 e. The number of rotatable bonds is 12. The fraction of sp³-hybridized carbons (Fsp3) is 0.526. The van der Waals surface area contributed by atoms with Crippen molar-refractivity contribution in [1.29, 1.82) is 0 Å². The van der Waals surface area contributed by atoms with E-state index in [1.54, 1.807) is 30.0 Å². The Morgan fingerprint density at radius 1 is 1.28 bits per heavy atom. The maximum atomic E-state index is 12.0. The first-order valence-electron chi connectivity index (χ1n) is 9.62. The molecular weight excluding hydrogens is 392 g/mol. The molecule has 29 heavy (non-hydrogen) atoms. The molecule has 158 valence electrons. The Morgan fingerprint density at radius 2 is 2.03 bits per heavy atom. The smallest absolute Gasteiger partial charge is 0.292 e. The Balaban J connectivity index is 1.72. The number of nitrogens with one attached hydrogen (secondary N) is 2. The summed E-state index contributed by atoms with van der Waals surface area (Å²) in [4.78, 5) is 22.6. The lowest BCUT2D eigenvalue weighted by Crippen LogP contribution is -2.26. The van der Waals surface area contributed by atoms with E-state index in [1.165, 1.54) is 6.07 Å². The van der Waals surface area contributed by atoms with Crippen LogP contribution in [0, 0.1) is 16.0 Å². The molecule has 2 rings (SSSR count). The molecule has 0 fully saturated rings. The average Bonchev–Trinajstić information content (AvgIpc) is 3.06. The predicted molar refractivity (Wildman–Crippen MR) is 114 cm³/mol. The van der Waals surface area contributed by atoms with Crippen LogP contribution in [0.25, 0.3) is 0 Å². The number of nitro benzene ring substituents is 1. The lowest BCUT2D eigenvalue weighted by Gasteiger charge is -2.12. The molecule has 2 aromatic rings. The van der Waals surface area contributed by atoms with E-state index in [9.17, 15) is 14.9 Å². The molecule has 0 spiro atoms. The van der Waals surface area contributed by atoms with E-state index in [2.05, 4.69) is 39.2 Å². The van der Waals surface area contributed by atoms with Gasteiger partial charge in [-0.05, 0) is 24.7 Å². The summed E-state index contributed by atoms with van der Waals surface area (Å²) in [6, 6.07) is 6.39. The van der Waals surface area contributed by atoms with Gasteiger partial charge in [-0.15, -0.1) is 10.2 Å². The van der Waals surface area contributed by atoms with Gasteiger partial charge in [-0.3, -0.25) is 14.9 Å². The normalized spacial score (nSPS) is 10.9. The molecule has 9 nitrogen and oxygen atoms in total. The number of carbonyl (C=O) groups is 1. The minimum atomic E-state index is -0.442. The summed E-state index contributed by atoms with van der Waals surface area (Å²) in [5.74, 6) is 1.35. The summed E-state index contributed by atoms with van der Waals surface area (Å²) in [7, 11) is 0. The molecule has 0 unspecified atom stereocenters. The summed E-state index contributed by atoms with van der Waals surface area (Å²) in [5.41, 5.74) is 0.419. The first kappa shape index (κ1) is 22.7. The summed E-state index contributed by atoms with van der Waals surface area (Å²) < 4.78 is 2.15. The Bertz CT molecular complexity index is 824. The van der Waals surface area contributed by atoms with E-state index in [4.69, 9.17) is 0 Å². The Morgan fingerprint density at radius 3 is 2.72 bits per heavy atom. The van der Waals surface area contributed by atoms with Gasteiger partial charge in [0.25, 0.3) is 5.69 Å². The van der Waals surface area contributed by atoms with E-state index in [0.29, 0.717) is 24.7 Å². The molecule has 0 aliphatic carbocycles. The van der Waals surface area contributed by atoms with Gasteiger partial charge >= 0.3 is 0 Å². The van der Waals surface area contributed by atoms with Crippen molar-refractivity contribution in [2.24, 2.45) is 5.92 Å². The van der Waals surface area contributed by atoms with Gasteiger partial charge in [0.15, 0.2) is 5.16 Å². The number of para-hydroxylation sites is 2. The molecular formula is C19H28N6O3S. The number of hydrogen-bond acceptors (Lipinski definition) is 7. The lowest BCUT2D eigenvalue weighted by atomic mass is 10.2. The van der Waals surface area contributed by atoms with Crippen LogP contribution in [0.2, 0.25) is 0 Å². The molecule has 0 atom stereocenters. The number of carbonyl (C=O) groups excluding carboxylic acids is 1. The zero-order chi connectivity index (χ0) is 21.2. The highest BCUT2D eigenvalue weighted by Gasteiger charge is 2.13. The van der Waals surface area contributed by atoms with Crippen molar-refractivity contribution in [2.45, 2.75) is 44.8 Å². The van der Waals surface area contributed by atoms with E-state index in [-0.39, 0.29) is 18.0 Å². The third kappa shape index (κ3) is 7.04. The van der Waals surface area contributed by atoms with Crippen LogP contribution in [0.15, 0.2) is 29.4 Å². The quantitative estimate of drug-likeness (QED) is 0.235. The van der Waals surface area contributed by atoms with E-state index in [0.717, 1.165) is 30.4 Å². The van der Waals surface area contributed by atoms with Crippen molar-refractivity contribution in [3.05, 3.63) is 40.2 Å². The van der Waals surface area contributed by atoms with Crippen LogP contribution in [0.1, 0.15) is 32.5 Å². The van der Waals surface area contributed by atoms with Crippen molar-refractivity contribution < 1.29 is 9.72 Å². The van der Waals surface area contributed by atoms with Crippen molar-refractivity contribution in [2.75, 3.05) is 24.7 Å². The number of aromatic nitrogens is 3. The third-order valence-corrected chi connectivity index (χ3v) is 4.86. The van der Waals surface area contributed by atoms with E-state index in [1.807, 2.05) is 6.26 Å². The number of thioether (sulfide) groups is 1. The summed E-state index contributed by atoms with van der Waals surface area (Å²) in [6.07, 6.45) is 3.75. The van der Waals surface area contributed by atoms with Crippen molar-refractivity contribution >= 4 is 29.0 Å². The van der Waals surface area contributed by atoms with Crippen LogP contribution in [-0.2, 0) is 17.8 Å². The first-order valence-corrected chi connectivity index (χ1v) is 10.8. The molecule has 0 saturated heterocycles. The zero-order valence-electron chi connectivity index (χ0n) is 17.1. The molecule has 2 N–H and O–H groups in total. The van der Waals surface area contributed by atoms with Crippen LogP contribution in [0.5, 0.6) is 0 Å². The second-order valence-electron chi connectivity index (χ2n) is 7.01. The molecule has 0 saturated carbocycles. The molecule has 0 aliphatic heterocycles. The van der Waals surface area contributed by atoms with Gasteiger partial charge in [-0.25, -0.2) is 0 Å². The van der Waals surface area contributed by atoms with E-state index >= 15 is 0 Å². The molecule has 1 amide bonds. The Hall–Kier alpha value is -2.62. The van der Waals surface area contributed by atoms with Crippen LogP contribution in [-0.4, -0.2) is 44.9 Å². The van der Waals surface area contributed by atoms with Crippen LogP contribution in [0.3, 0.4) is 0 Å². The molecule has 0 bridgehead atoms. The number of hydrogen-bond donors (Lipinski definition) is 2. The summed E-state index contributed by atoms with van der Waals surface area (Å²) in [5, 5.41) is 26.2. The zero-order valence-corrected chi connectivity index (χ0v) is 17.9. The maximum Gasteiger partial charge on any atom is 0.292 e. The maximum absolute atomic E-state index is 12.0. The number of anilines is 1. The Labute approximate surface area is 174 Å². The highest BCUT2D eigenvalue weighted by Crippen LogP contribution is 2.22. The largest absolute Gasteiger partial charge is 0.379 e. The average molecular weight is 421 g/mol. The van der Waals surface area contributed by atoms with Gasteiger partial charge in [0.1, 0.15) is 11.5 Å².